The molecule has 7 heteroatoms. The number of amides is 3. The van der Waals surface area contributed by atoms with Gasteiger partial charge in [0.1, 0.15) is 5.70 Å². The lowest BCUT2D eigenvalue weighted by Crippen LogP contribution is -2.31. The molecule has 0 bridgehead atoms. The van der Waals surface area contributed by atoms with Gasteiger partial charge in [-0.1, -0.05) is 24.3 Å². The molecule has 152 valence electrons. The van der Waals surface area contributed by atoms with Gasteiger partial charge in [0, 0.05) is 28.7 Å². The van der Waals surface area contributed by atoms with Crippen LogP contribution in [0.15, 0.2) is 71.7 Å². The lowest BCUT2D eigenvalue weighted by atomic mass is 10.1. The maximum atomic E-state index is 12.9. The van der Waals surface area contributed by atoms with Gasteiger partial charge in [0.05, 0.1) is 0 Å². The average Bonchev–Trinajstić information content (AvgIpc) is 3.22. The summed E-state index contributed by atoms with van der Waals surface area (Å²) in [6, 6.07) is 17.6. The minimum atomic E-state index is -0.447. The standard InChI is InChI=1S/C23H21N3O3S/c1-15-6-3-4-8-20(15)22(28)26-21(14-19-7-5-13-30-19)23(29)25-18-11-9-17(10-12-18)24-16(2)27/h3-14H,1-2H3,(H,24,27)(H,25,29)(H,26,28)/b21-14-. The maximum absolute atomic E-state index is 12.9. The first-order valence-corrected chi connectivity index (χ1v) is 10.1. The Morgan fingerprint density at radius 1 is 0.867 bits per heavy atom. The summed E-state index contributed by atoms with van der Waals surface area (Å²) >= 11 is 1.46. The summed E-state index contributed by atoms with van der Waals surface area (Å²) < 4.78 is 0. The number of hydrogen-bond acceptors (Lipinski definition) is 4. The Kier molecular flexibility index (Phi) is 6.77. The first-order chi connectivity index (χ1) is 14.4. The number of aryl methyl sites for hydroxylation is 1. The summed E-state index contributed by atoms with van der Waals surface area (Å²) in [5, 5.41) is 10.1. The largest absolute Gasteiger partial charge is 0.326 e. The molecular formula is C23H21N3O3S. The molecule has 3 rings (SSSR count). The van der Waals surface area contributed by atoms with Crippen LogP contribution in [0, 0.1) is 6.92 Å². The third-order valence-electron chi connectivity index (χ3n) is 4.18. The zero-order chi connectivity index (χ0) is 21.5. The molecule has 0 aliphatic carbocycles. The van der Waals surface area contributed by atoms with Crippen molar-refractivity contribution >= 4 is 46.5 Å². The Labute approximate surface area is 178 Å². The van der Waals surface area contributed by atoms with Crippen molar-refractivity contribution in [2.24, 2.45) is 0 Å². The molecule has 0 spiro atoms. The van der Waals surface area contributed by atoms with Gasteiger partial charge in [0.2, 0.25) is 5.91 Å². The van der Waals surface area contributed by atoms with Crippen LogP contribution >= 0.6 is 11.3 Å². The molecule has 1 aromatic heterocycles. The minimum absolute atomic E-state index is 0.136. The van der Waals surface area contributed by atoms with Crippen molar-refractivity contribution in [1.29, 1.82) is 0 Å². The zero-order valence-corrected chi connectivity index (χ0v) is 17.4. The van der Waals surface area contributed by atoms with Crippen LogP contribution in [0.3, 0.4) is 0 Å². The number of nitrogens with one attached hydrogen (secondary N) is 3. The molecule has 0 atom stereocenters. The van der Waals surface area contributed by atoms with E-state index in [1.54, 1.807) is 42.5 Å². The first-order valence-electron chi connectivity index (χ1n) is 9.23. The number of thiophene rings is 1. The molecule has 0 saturated carbocycles. The average molecular weight is 420 g/mol. The van der Waals surface area contributed by atoms with E-state index in [0.29, 0.717) is 16.9 Å². The number of rotatable bonds is 6. The van der Waals surface area contributed by atoms with Gasteiger partial charge in [0.15, 0.2) is 0 Å². The van der Waals surface area contributed by atoms with E-state index in [1.165, 1.54) is 18.3 Å². The minimum Gasteiger partial charge on any atom is -0.326 e. The molecule has 0 unspecified atom stereocenters. The fourth-order valence-corrected chi connectivity index (χ4v) is 3.39. The highest BCUT2D eigenvalue weighted by atomic mass is 32.1. The van der Waals surface area contributed by atoms with E-state index in [4.69, 9.17) is 0 Å². The van der Waals surface area contributed by atoms with Crippen LogP contribution in [0.5, 0.6) is 0 Å². The zero-order valence-electron chi connectivity index (χ0n) is 16.6. The van der Waals surface area contributed by atoms with Crippen LogP contribution < -0.4 is 16.0 Å². The molecule has 6 nitrogen and oxygen atoms in total. The summed E-state index contributed by atoms with van der Waals surface area (Å²) in [7, 11) is 0. The monoisotopic (exact) mass is 419 g/mol. The molecule has 30 heavy (non-hydrogen) atoms. The molecule has 3 amide bonds. The van der Waals surface area contributed by atoms with Crippen molar-refractivity contribution < 1.29 is 14.4 Å². The topological polar surface area (TPSA) is 87.3 Å². The van der Waals surface area contributed by atoms with E-state index in [1.807, 2.05) is 36.6 Å². The van der Waals surface area contributed by atoms with E-state index in [-0.39, 0.29) is 17.5 Å². The van der Waals surface area contributed by atoms with Crippen LogP contribution in [0.2, 0.25) is 0 Å². The van der Waals surface area contributed by atoms with Crippen molar-refractivity contribution in [2.75, 3.05) is 10.6 Å². The van der Waals surface area contributed by atoms with Gasteiger partial charge in [-0.05, 0) is 60.3 Å². The number of carbonyl (C=O) groups excluding carboxylic acids is 3. The molecule has 0 aliphatic heterocycles. The third kappa shape index (κ3) is 5.65. The number of anilines is 2. The lowest BCUT2D eigenvalue weighted by Gasteiger charge is -2.12. The molecule has 3 aromatic rings. The second-order valence-corrected chi connectivity index (χ2v) is 7.53. The van der Waals surface area contributed by atoms with Crippen LogP contribution in [0.25, 0.3) is 6.08 Å². The normalized spacial score (nSPS) is 10.9. The van der Waals surface area contributed by atoms with Gasteiger partial charge >= 0.3 is 0 Å². The second kappa shape index (κ2) is 9.67. The quantitative estimate of drug-likeness (QED) is 0.517. The van der Waals surface area contributed by atoms with E-state index in [2.05, 4.69) is 16.0 Å². The van der Waals surface area contributed by atoms with E-state index < -0.39 is 5.91 Å². The SMILES string of the molecule is CC(=O)Nc1ccc(NC(=O)/C(=C/c2cccs2)NC(=O)c2ccccc2C)cc1. The number of carbonyl (C=O) groups is 3. The Bertz CT molecular complexity index is 1090. The summed E-state index contributed by atoms with van der Waals surface area (Å²) in [4.78, 5) is 37.6. The predicted molar refractivity (Wildman–Crippen MR) is 120 cm³/mol. The third-order valence-corrected chi connectivity index (χ3v) is 4.99. The second-order valence-electron chi connectivity index (χ2n) is 6.56. The molecular weight excluding hydrogens is 398 g/mol. The van der Waals surface area contributed by atoms with Crippen molar-refractivity contribution in [2.45, 2.75) is 13.8 Å². The van der Waals surface area contributed by atoms with Gasteiger partial charge in [-0.3, -0.25) is 14.4 Å². The van der Waals surface area contributed by atoms with Crippen LogP contribution in [-0.4, -0.2) is 17.7 Å². The highest BCUT2D eigenvalue weighted by molar-refractivity contribution is 7.10. The summed E-state index contributed by atoms with van der Waals surface area (Å²) in [5.74, 6) is -0.975. The number of hydrogen-bond donors (Lipinski definition) is 3. The lowest BCUT2D eigenvalue weighted by molar-refractivity contribution is -0.114. The van der Waals surface area contributed by atoms with Crippen LogP contribution in [0.1, 0.15) is 27.7 Å². The highest BCUT2D eigenvalue weighted by Gasteiger charge is 2.16. The molecule has 0 aliphatic rings. The Morgan fingerprint density at radius 3 is 2.13 bits per heavy atom. The first kappa shape index (κ1) is 21.0. The molecule has 3 N–H and O–H groups in total. The van der Waals surface area contributed by atoms with E-state index in [0.717, 1.165) is 10.4 Å². The molecule has 0 radical (unpaired) electrons. The van der Waals surface area contributed by atoms with Gasteiger partial charge in [-0.25, -0.2) is 0 Å². The summed E-state index contributed by atoms with van der Waals surface area (Å²) in [6.45, 7) is 3.27. The molecule has 0 saturated heterocycles. The summed E-state index contributed by atoms with van der Waals surface area (Å²) in [5.41, 5.74) is 2.62. The van der Waals surface area contributed by atoms with Crippen LogP contribution in [-0.2, 0) is 9.59 Å². The molecule has 1 heterocycles. The van der Waals surface area contributed by atoms with Crippen molar-refractivity contribution in [3.8, 4) is 0 Å². The highest BCUT2D eigenvalue weighted by Crippen LogP contribution is 2.17. The summed E-state index contributed by atoms with van der Waals surface area (Å²) in [6.07, 6.45) is 1.64. The van der Waals surface area contributed by atoms with Gasteiger partial charge in [-0.15, -0.1) is 11.3 Å². The van der Waals surface area contributed by atoms with Crippen molar-refractivity contribution in [3.63, 3.8) is 0 Å². The molecule has 0 fully saturated rings. The van der Waals surface area contributed by atoms with Gasteiger partial charge in [0.25, 0.3) is 11.8 Å². The predicted octanol–water partition coefficient (Wildman–Crippen LogP) is 4.42. The van der Waals surface area contributed by atoms with Crippen molar-refractivity contribution in [1.82, 2.24) is 5.32 Å². The number of benzene rings is 2. The van der Waals surface area contributed by atoms with Gasteiger partial charge < -0.3 is 16.0 Å². The Morgan fingerprint density at radius 2 is 1.53 bits per heavy atom. The Hall–Kier alpha value is -3.71. The van der Waals surface area contributed by atoms with Crippen molar-refractivity contribution in [3.05, 3.63) is 87.7 Å². The smallest absolute Gasteiger partial charge is 0.272 e. The fourth-order valence-electron chi connectivity index (χ4n) is 2.73. The fraction of sp³-hybridized carbons (Fsp3) is 0.0870. The van der Waals surface area contributed by atoms with Gasteiger partial charge in [-0.2, -0.15) is 0 Å². The van der Waals surface area contributed by atoms with E-state index in [9.17, 15) is 14.4 Å². The Balaban J connectivity index is 1.80. The van der Waals surface area contributed by atoms with Crippen LogP contribution in [0.4, 0.5) is 11.4 Å². The van der Waals surface area contributed by atoms with E-state index >= 15 is 0 Å². The maximum Gasteiger partial charge on any atom is 0.272 e. The molecule has 2 aromatic carbocycles.